The van der Waals surface area contributed by atoms with E-state index in [0.29, 0.717) is 23.4 Å². The van der Waals surface area contributed by atoms with E-state index in [9.17, 15) is 4.79 Å². The highest BCUT2D eigenvalue weighted by Gasteiger charge is 2.30. The minimum atomic E-state index is -0.421. The van der Waals surface area contributed by atoms with Crippen LogP contribution in [0.2, 0.25) is 0 Å². The number of nitrogens with zero attached hydrogens (tertiary/aromatic N) is 1. The van der Waals surface area contributed by atoms with Crippen LogP contribution in [-0.4, -0.2) is 23.5 Å². The Morgan fingerprint density at radius 1 is 1.45 bits per heavy atom. The molecule has 6 heteroatoms. The van der Waals surface area contributed by atoms with Gasteiger partial charge in [-0.25, -0.2) is 4.79 Å². The highest BCUT2D eigenvalue weighted by atomic mass is 32.1. The van der Waals surface area contributed by atoms with Crippen molar-refractivity contribution in [1.82, 2.24) is 4.37 Å². The summed E-state index contributed by atoms with van der Waals surface area (Å²) >= 11 is 1.24. The second-order valence-electron chi connectivity index (χ2n) is 5.71. The molecule has 1 aromatic rings. The van der Waals surface area contributed by atoms with Gasteiger partial charge in [0.1, 0.15) is 10.6 Å². The van der Waals surface area contributed by atoms with Gasteiger partial charge in [-0.05, 0) is 36.2 Å². The molecule has 1 aliphatic carbocycles. The lowest BCUT2D eigenvalue weighted by Crippen LogP contribution is -2.35. The second kappa shape index (κ2) is 6.43. The third-order valence-corrected chi connectivity index (χ3v) is 4.89. The third kappa shape index (κ3) is 3.06. The summed E-state index contributed by atoms with van der Waals surface area (Å²) in [6, 6.07) is 0.381. The van der Waals surface area contributed by atoms with Crippen molar-refractivity contribution in [2.75, 3.05) is 18.2 Å². The first-order valence-corrected chi connectivity index (χ1v) is 7.92. The van der Waals surface area contributed by atoms with Crippen molar-refractivity contribution < 1.29 is 9.53 Å². The Kier molecular flexibility index (Phi) is 4.86. The number of ether oxygens (including phenoxy) is 1. The summed E-state index contributed by atoms with van der Waals surface area (Å²) in [4.78, 5) is 11.8. The fraction of sp³-hybridized carbons (Fsp3) is 0.714. The minimum Gasteiger partial charge on any atom is -0.465 e. The molecule has 2 rings (SSSR count). The molecule has 0 amide bonds. The van der Waals surface area contributed by atoms with Gasteiger partial charge in [-0.3, -0.25) is 0 Å². The first-order valence-electron chi connectivity index (χ1n) is 7.14. The molecule has 1 heterocycles. The van der Waals surface area contributed by atoms with Crippen molar-refractivity contribution >= 4 is 28.3 Å². The quantitative estimate of drug-likeness (QED) is 0.835. The maximum absolute atomic E-state index is 11.8. The molecule has 0 spiro atoms. The predicted octanol–water partition coefficient (Wildman–Crippen LogP) is 3.14. The molecule has 1 saturated carbocycles. The Labute approximate surface area is 124 Å². The van der Waals surface area contributed by atoms with Crippen LogP contribution in [0.4, 0.5) is 10.8 Å². The molecular weight excluding hydrogens is 274 g/mol. The number of nitrogens with one attached hydrogen (secondary N) is 1. The molecule has 20 heavy (non-hydrogen) atoms. The third-order valence-electron chi connectivity index (χ3n) is 4.10. The van der Waals surface area contributed by atoms with Gasteiger partial charge < -0.3 is 15.8 Å². The van der Waals surface area contributed by atoms with Crippen molar-refractivity contribution in [2.24, 2.45) is 11.8 Å². The highest BCUT2D eigenvalue weighted by Crippen LogP contribution is 2.35. The number of methoxy groups -OCH3 is 1. The maximum Gasteiger partial charge on any atom is 0.344 e. The SMILES string of the molecule is COC(=O)c1c(N)nsc1NC1CCCCC1C(C)C. The average Bonchev–Trinajstić information content (AvgIpc) is 2.79. The molecule has 0 radical (unpaired) electrons. The monoisotopic (exact) mass is 297 g/mol. The Bertz CT molecular complexity index is 473. The van der Waals surface area contributed by atoms with E-state index >= 15 is 0 Å². The number of hydrogen-bond acceptors (Lipinski definition) is 6. The van der Waals surface area contributed by atoms with Crippen LogP contribution in [0, 0.1) is 11.8 Å². The van der Waals surface area contributed by atoms with Crippen LogP contribution in [0.15, 0.2) is 0 Å². The lowest BCUT2D eigenvalue weighted by Gasteiger charge is -2.35. The van der Waals surface area contributed by atoms with Crippen molar-refractivity contribution in [2.45, 2.75) is 45.6 Å². The number of nitrogens with two attached hydrogens (primary N) is 1. The lowest BCUT2D eigenvalue weighted by molar-refractivity contribution is 0.0603. The maximum atomic E-state index is 11.8. The zero-order chi connectivity index (χ0) is 14.7. The molecular formula is C14H23N3O2S. The molecule has 0 aromatic carbocycles. The van der Waals surface area contributed by atoms with Crippen LogP contribution >= 0.6 is 11.5 Å². The van der Waals surface area contributed by atoms with E-state index in [0.717, 1.165) is 11.4 Å². The highest BCUT2D eigenvalue weighted by molar-refractivity contribution is 7.11. The van der Waals surface area contributed by atoms with E-state index in [1.807, 2.05) is 0 Å². The Balaban J connectivity index is 2.18. The summed E-state index contributed by atoms with van der Waals surface area (Å²) in [6.45, 7) is 4.51. The zero-order valence-corrected chi connectivity index (χ0v) is 13.1. The Morgan fingerprint density at radius 3 is 2.80 bits per heavy atom. The minimum absolute atomic E-state index is 0.251. The van der Waals surface area contributed by atoms with E-state index < -0.39 is 5.97 Å². The molecule has 1 aliphatic rings. The molecule has 0 aliphatic heterocycles. The summed E-state index contributed by atoms with van der Waals surface area (Å²) < 4.78 is 8.86. The number of esters is 1. The molecule has 1 aromatic heterocycles. The number of aromatic nitrogens is 1. The molecule has 5 nitrogen and oxygen atoms in total. The van der Waals surface area contributed by atoms with Crippen LogP contribution < -0.4 is 11.1 Å². The van der Waals surface area contributed by atoms with Crippen LogP contribution in [-0.2, 0) is 4.74 Å². The van der Waals surface area contributed by atoms with E-state index in [1.165, 1.54) is 37.9 Å². The fourth-order valence-electron chi connectivity index (χ4n) is 3.01. The smallest absolute Gasteiger partial charge is 0.344 e. The van der Waals surface area contributed by atoms with Gasteiger partial charge in [0.05, 0.1) is 7.11 Å². The lowest BCUT2D eigenvalue weighted by atomic mass is 9.78. The number of anilines is 2. The van der Waals surface area contributed by atoms with Gasteiger partial charge in [-0.1, -0.05) is 26.7 Å². The second-order valence-corrected chi connectivity index (χ2v) is 6.48. The first kappa shape index (κ1) is 15.1. The van der Waals surface area contributed by atoms with Crippen LogP contribution in [0.3, 0.4) is 0 Å². The predicted molar refractivity (Wildman–Crippen MR) is 82.1 cm³/mol. The standard InChI is InChI=1S/C14H23N3O2S/c1-8(2)9-6-4-5-7-10(9)16-13-11(14(18)19-3)12(15)17-20-13/h8-10,16H,4-7H2,1-3H3,(H2,15,17). The largest absolute Gasteiger partial charge is 0.465 e. The number of nitrogen functional groups attached to an aromatic ring is 1. The molecule has 2 atom stereocenters. The van der Waals surface area contributed by atoms with Crippen molar-refractivity contribution in [3.05, 3.63) is 5.56 Å². The van der Waals surface area contributed by atoms with Gasteiger partial charge in [-0.2, -0.15) is 4.37 Å². The number of carbonyl (C=O) groups is 1. The first-order chi connectivity index (χ1) is 9.54. The molecule has 3 N–H and O–H groups in total. The average molecular weight is 297 g/mol. The van der Waals surface area contributed by atoms with Gasteiger partial charge in [0.2, 0.25) is 0 Å². The number of carbonyl (C=O) groups excluding carboxylic acids is 1. The molecule has 112 valence electrons. The zero-order valence-electron chi connectivity index (χ0n) is 12.3. The van der Waals surface area contributed by atoms with Gasteiger partial charge >= 0.3 is 5.97 Å². The summed E-state index contributed by atoms with van der Waals surface area (Å²) in [7, 11) is 1.36. The summed E-state index contributed by atoms with van der Waals surface area (Å²) in [5.74, 6) is 1.08. The summed E-state index contributed by atoms with van der Waals surface area (Å²) in [6.07, 6.45) is 4.87. The van der Waals surface area contributed by atoms with Crippen molar-refractivity contribution in [1.29, 1.82) is 0 Å². The van der Waals surface area contributed by atoms with Crippen LogP contribution in [0.1, 0.15) is 49.9 Å². The fourth-order valence-corrected chi connectivity index (χ4v) is 3.77. The van der Waals surface area contributed by atoms with E-state index in [2.05, 4.69) is 23.5 Å². The number of hydrogen-bond donors (Lipinski definition) is 2. The Hall–Kier alpha value is -1.30. The van der Waals surface area contributed by atoms with Crippen molar-refractivity contribution in [3.8, 4) is 0 Å². The van der Waals surface area contributed by atoms with Crippen LogP contribution in [0.25, 0.3) is 0 Å². The van der Waals surface area contributed by atoms with Crippen LogP contribution in [0.5, 0.6) is 0 Å². The molecule has 0 bridgehead atoms. The normalized spacial score (nSPS) is 22.8. The van der Waals surface area contributed by atoms with Gasteiger partial charge in [-0.15, -0.1) is 0 Å². The van der Waals surface area contributed by atoms with E-state index in [-0.39, 0.29) is 5.82 Å². The number of rotatable bonds is 4. The van der Waals surface area contributed by atoms with E-state index in [4.69, 9.17) is 10.5 Å². The summed E-state index contributed by atoms with van der Waals surface area (Å²) in [5.41, 5.74) is 6.16. The van der Waals surface area contributed by atoms with E-state index in [1.54, 1.807) is 0 Å². The van der Waals surface area contributed by atoms with Gasteiger partial charge in [0.25, 0.3) is 0 Å². The van der Waals surface area contributed by atoms with Gasteiger partial charge in [0, 0.05) is 6.04 Å². The molecule has 2 unspecified atom stereocenters. The topological polar surface area (TPSA) is 77.2 Å². The van der Waals surface area contributed by atoms with Crippen molar-refractivity contribution in [3.63, 3.8) is 0 Å². The van der Waals surface area contributed by atoms with Gasteiger partial charge in [0.15, 0.2) is 5.82 Å². The Morgan fingerprint density at radius 2 is 2.15 bits per heavy atom. The molecule has 1 fully saturated rings. The summed E-state index contributed by atoms with van der Waals surface area (Å²) in [5, 5.41) is 4.23. The molecule has 0 saturated heterocycles.